The molecule has 2 rings (SSSR count). The molecule has 0 saturated carbocycles. The highest BCUT2D eigenvalue weighted by atomic mass is 16.5. The minimum absolute atomic E-state index is 0.244. The maximum absolute atomic E-state index is 11.7. The van der Waals surface area contributed by atoms with Gasteiger partial charge in [0.05, 0.1) is 7.11 Å². The lowest BCUT2D eigenvalue weighted by Gasteiger charge is -2.11. The number of esters is 1. The maximum Gasteiger partial charge on any atom is 0.343 e. The number of ether oxygens (including phenoxy) is 2. The minimum atomic E-state index is -0.515. The minimum Gasteiger partial charge on any atom is -0.488 e. The lowest BCUT2D eigenvalue weighted by atomic mass is 10.1. The van der Waals surface area contributed by atoms with Gasteiger partial charge in [-0.2, -0.15) is 0 Å². The van der Waals surface area contributed by atoms with Gasteiger partial charge in [-0.05, 0) is 18.2 Å². The quantitative estimate of drug-likeness (QED) is 0.671. The third-order valence-corrected chi connectivity index (χ3v) is 2.57. The zero-order valence-corrected chi connectivity index (χ0v) is 10.5. The van der Waals surface area contributed by atoms with Crippen LogP contribution in [0.4, 0.5) is 5.69 Å². The lowest BCUT2D eigenvalue weighted by molar-refractivity contribution is 0.0597. The van der Waals surface area contributed by atoms with Crippen molar-refractivity contribution in [1.82, 2.24) is 4.98 Å². The Labute approximate surface area is 111 Å². The molecule has 1 aromatic carbocycles. The van der Waals surface area contributed by atoms with Gasteiger partial charge in [0.2, 0.25) is 0 Å². The molecule has 0 atom stereocenters. The Balaban J connectivity index is 2.21. The molecule has 0 aliphatic heterocycles. The maximum atomic E-state index is 11.7. The van der Waals surface area contributed by atoms with Gasteiger partial charge in [0.1, 0.15) is 17.9 Å². The molecule has 0 radical (unpaired) electrons. The number of aromatic nitrogens is 1. The SMILES string of the molecule is COC(=O)c1c(N)cccc1OCc1cccnc1. The molecule has 2 aromatic rings. The van der Waals surface area contributed by atoms with E-state index >= 15 is 0 Å². The molecule has 98 valence electrons. The molecule has 2 N–H and O–H groups in total. The summed E-state index contributed by atoms with van der Waals surface area (Å²) < 4.78 is 10.3. The summed E-state index contributed by atoms with van der Waals surface area (Å²) in [7, 11) is 1.31. The Morgan fingerprint density at radius 1 is 1.32 bits per heavy atom. The second-order valence-corrected chi connectivity index (χ2v) is 3.86. The fourth-order valence-electron chi connectivity index (χ4n) is 1.63. The summed E-state index contributed by atoms with van der Waals surface area (Å²) in [6.45, 7) is 0.307. The Hall–Kier alpha value is -2.56. The van der Waals surface area contributed by atoms with Gasteiger partial charge in [-0.1, -0.05) is 12.1 Å². The van der Waals surface area contributed by atoms with Gasteiger partial charge >= 0.3 is 5.97 Å². The standard InChI is InChI=1S/C14H14N2O3/c1-18-14(17)13-11(15)5-2-6-12(13)19-9-10-4-3-7-16-8-10/h2-8H,9,15H2,1H3. The Bertz CT molecular complexity index is 570. The molecule has 1 heterocycles. The summed E-state index contributed by atoms with van der Waals surface area (Å²) in [5.74, 6) is -0.116. The van der Waals surface area contributed by atoms with Crippen molar-refractivity contribution in [2.75, 3.05) is 12.8 Å². The predicted octanol–water partition coefficient (Wildman–Crippen LogP) is 2.03. The van der Waals surface area contributed by atoms with E-state index in [-0.39, 0.29) is 5.56 Å². The average molecular weight is 258 g/mol. The molecule has 0 spiro atoms. The fraction of sp³-hybridized carbons (Fsp3) is 0.143. The van der Waals surface area contributed by atoms with E-state index in [1.807, 2.05) is 12.1 Å². The first kappa shape index (κ1) is 12.9. The Kier molecular flexibility index (Phi) is 3.97. The molecule has 0 amide bonds. The largest absolute Gasteiger partial charge is 0.488 e. The van der Waals surface area contributed by atoms with Crippen molar-refractivity contribution < 1.29 is 14.3 Å². The normalized spacial score (nSPS) is 9.95. The lowest BCUT2D eigenvalue weighted by Crippen LogP contribution is -2.09. The molecule has 0 aliphatic rings. The second-order valence-electron chi connectivity index (χ2n) is 3.86. The van der Waals surface area contributed by atoms with Crippen LogP contribution in [0.2, 0.25) is 0 Å². The van der Waals surface area contributed by atoms with Crippen LogP contribution in [0.3, 0.4) is 0 Å². The molecule has 0 saturated heterocycles. The number of carbonyl (C=O) groups excluding carboxylic acids is 1. The van der Waals surface area contributed by atoms with Crippen molar-refractivity contribution in [3.05, 3.63) is 53.9 Å². The monoisotopic (exact) mass is 258 g/mol. The molecule has 5 heteroatoms. The summed E-state index contributed by atoms with van der Waals surface area (Å²) in [6, 6.07) is 8.74. The van der Waals surface area contributed by atoms with Crippen LogP contribution in [0.5, 0.6) is 5.75 Å². The van der Waals surface area contributed by atoms with Crippen LogP contribution in [0, 0.1) is 0 Å². The van der Waals surface area contributed by atoms with Gasteiger partial charge in [-0.15, -0.1) is 0 Å². The highest BCUT2D eigenvalue weighted by molar-refractivity contribution is 5.98. The number of nitrogens with two attached hydrogens (primary N) is 1. The van der Waals surface area contributed by atoms with Crippen molar-refractivity contribution in [2.45, 2.75) is 6.61 Å². The van der Waals surface area contributed by atoms with Gasteiger partial charge in [0, 0.05) is 23.6 Å². The van der Waals surface area contributed by atoms with Crippen LogP contribution in [0.25, 0.3) is 0 Å². The molecule has 1 aromatic heterocycles. The van der Waals surface area contributed by atoms with Gasteiger partial charge in [-0.3, -0.25) is 4.98 Å². The first-order valence-corrected chi connectivity index (χ1v) is 5.71. The van der Waals surface area contributed by atoms with Crippen LogP contribution in [0.1, 0.15) is 15.9 Å². The third-order valence-electron chi connectivity index (χ3n) is 2.57. The van der Waals surface area contributed by atoms with Crippen molar-refractivity contribution >= 4 is 11.7 Å². The van der Waals surface area contributed by atoms with E-state index in [1.54, 1.807) is 30.6 Å². The highest BCUT2D eigenvalue weighted by Crippen LogP contribution is 2.25. The molecule has 19 heavy (non-hydrogen) atoms. The number of benzene rings is 1. The molecule has 0 aliphatic carbocycles. The second kappa shape index (κ2) is 5.86. The number of anilines is 1. The zero-order valence-electron chi connectivity index (χ0n) is 10.5. The van der Waals surface area contributed by atoms with Gasteiger partial charge in [-0.25, -0.2) is 4.79 Å². The van der Waals surface area contributed by atoms with Crippen molar-refractivity contribution in [3.8, 4) is 5.75 Å². The Morgan fingerprint density at radius 2 is 2.16 bits per heavy atom. The molecule has 0 bridgehead atoms. The van der Waals surface area contributed by atoms with Gasteiger partial charge in [0.15, 0.2) is 0 Å². The number of hydrogen-bond acceptors (Lipinski definition) is 5. The zero-order chi connectivity index (χ0) is 13.7. The van der Waals surface area contributed by atoms with Crippen LogP contribution in [-0.2, 0) is 11.3 Å². The van der Waals surface area contributed by atoms with Crippen molar-refractivity contribution in [2.24, 2.45) is 0 Å². The smallest absolute Gasteiger partial charge is 0.343 e. The highest BCUT2D eigenvalue weighted by Gasteiger charge is 2.16. The number of nitrogen functional groups attached to an aromatic ring is 1. The number of methoxy groups -OCH3 is 1. The van der Waals surface area contributed by atoms with E-state index in [0.717, 1.165) is 5.56 Å². The van der Waals surface area contributed by atoms with Crippen LogP contribution >= 0.6 is 0 Å². The van der Waals surface area contributed by atoms with Crippen LogP contribution in [-0.4, -0.2) is 18.1 Å². The molecule has 0 unspecified atom stereocenters. The van der Waals surface area contributed by atoms with E-state index in [2.05, 4.69) is 4.98 Å². The molecular formula is C14H14N2O3. The Morgan fingerprint density at radius 3 is 2.84 bits per heavy atom. The molecule has 5 nitrogen and oxygen atoms in total. The van der Waals surface area contributed by atoms with Gasteiger partial charge < -0.3 is 15.2 Å². The van der Waals surface area contributed by atoms with E-state index in [9.17, 15) is 4.79 Å². The van der Waals surface area contributed by atoms with E-state index < -0.39 is 5.97 Å². The van der Waals surface area contributed by atoms with Crippen LogP contribution in [0.15, 0.2) is 42.7 Å². The van der Waals surface area contributed by atoms with E-state index in [4.69, 9.17) is 15.2 Å². The van der Waals surface area contributed by atoms with Crippen molar-refractivity contribution in [1.29, 1.82) is 0 Å². The summed E-state index contributed by atoms with van der Waals surface area (Å²) >= 11 is 0. The molecule has 0 fully saturated rings. The number of rotatable bonds is 4. The first-order chi connectivity index (χ1) is 9.22. The average Bonchev–Trinajstić information content (AvgIpc) is 2.45. The third kappa shape index (κ3) is 3.01. The summed E-state index contributed by atoms with van der Waals surface area (Å²) in [5, 5.41) is 0. The summed E-state index contributed by atoms with van der Waals surface area (Å²) in [5.41, 5.74) is 7.25. The predicted molar refractivity (Wildman–Crippen MR) is 70.8 cm³/mol. The first-order valence-electron chi connectivity index (χ1n) is 5.71. The fourth-order valence-corrected chi connectivity index (χ4v) is 1.63. The van der Waals surface area contributed by atoms with E-state index in [0.29, 0.717) is 18.0 Å². The summed E-state index contributed by atoms with van der Waals surface area (Å²) in [4.78, 5) is 15.7. The number of pyridine rings is 1. The number of hydrogen-bond donors (Lipinski definition) is 1. The van der Waals surface area contributed by atoms with E-state index in [1.165, 1.54) is 7.11 Å². The van der Waals surface area contributed by atoms with Crippen LogP contribution < -0.4 is 10.5 Å². The van der Waals surface area contributed by atoms with Crippen molar-refractivity contribution in [3.63, 3.8) is 0 Å². The topological polar surface area (TPSA) is 74.4 Å². The van der Waals surface area contributed by atoms with Gasteiger partial charge in [0.25, 0.3) is 0 Å². The molecular weight excluding hydrogens is 244 g/mol. The number of nitrogens with zero attached hydrogens (tertiary/aromatic N) is 1. The summed E-state index contributed by atoms with van der Waals surface area (Å²) in [6.07, 6.45) is 3.38. The number of carbonyl (C=O) groups is 1.